The molecule has 1 rings (SSSR count). The Hall–Kier alpha value is -0.820. The Labute approximate surface area is 170 Å². The van der Waals surface area contributed by atoms with Crippen LogP contribution in [0.2, 0.25) is 0 Å². The van der Waals surface area contributed by atoms with Gasteiger partial charge in [0.1, 0.15) is 0 Å². The van der Waals surface area contributed by atoms with Crippen molar-refractivity contribution in [2.45, 2.75) is 116 Å². The summed E-state index contributed by atoms with van der Waals surface area (Å²) in [5, 5.41) is 0. The predicted octanol–water partition coefficient (Wildman–Crippen LogP) is 8.55. The van der Waals surface area contributed by atoms with Crippen LogP contribution in [0.4, 0.5) is 0 Å². The third-order valence-corrected chi connectivity index (χ3v) is 5.89. The average molecular weight is 374 g/mol. The maximum Gasteiger partial charge on any atom is 0.0342 e. The largest absolute Gasteiger partial charge is 0.302 e. The van der Waals surface area contributed by atoms with Gasteiger partial charge in [-0.05, 0) is 26.1 Å². The van der Waals surface area contributed by atoms with Crippen molar-refractivity contribution in [1.82, 2.24) is 4.90 Å². The summed E-state index contributed by atoms with van der Waals surface area (Å²) in [6, 6.07) is 11.6. The van der Waals surface area contributed by atoms with E-state index in [4.69, 9.17) is 0 Å². The van der Waals surface area contributed by atoms with Crippen molar-refractivity contribution < 1.29 is 0 Å². The maximum absolute atomic E-state index is 2.37. The maximum atomic E-state index is 2.37. The number of benzene rings is 1. The van der Waals surface area contributed by atoms with E-state index in [-0.39, 0.29) is 0 Å². The second kappa shape index (κ2) is 17.3. The minimum atomic E-state index is 0.577. The number of unbranched alkanes of at least 4 members (excludes halogenated alkanes) is 14. The van der Waals surface area contributed by atoms with Gasteiger partial charge in [0.15, 0.2) is 0 Å². The second-order valence-corrected chi connectivity index (χ2v) is 8.63. The fourth-order valence-corrected chi connectivity index (χ4v) is 4.11. The molecule has 1 heteroatoms. The van der Waals surface area contributed by atoms with Crippen molar-refractivity contribution in [3.05, 3.63) is 35.9 Å². The van der Waals surface area contributed by atoms with Gasteiger partial charge in [-0.15, -0.1) is 0 Å². The molecule has 0 aliphatic rings. The summed E-state index contributed by atoms with van der Waals surface area (Å²) in [4.78, 5) is 2.37. The van der Waals surface area contributed by atoms with E-state index in [0.29, 0.717) is 6.04 Å². The molecule has 0 spiro atoms. The standard InChI is InChI=1S/C26H47N/c1-4-5-6-7-8-9-10-11-12-13-14-15-16-17-21-24-26(27(2)3)25-22-19-18-20-23-25/h18-20,22-23,26H,4-17,21,24H2,1-3H3. The first-order chi connectivity index (χ1) is 13.3. The molecule has 0 saturated carbocycles. The molecule has 1 aromatic rings. The molecule has 1 atom stereocenters. The molecule has 0 aliphatic carbocycles. The zero-order chi connectivity index (χ0) is 19.6. The van der Waals surface area contributed by atoms with Gasteiger partial charge >= 0.3 is 0 Å². The van der Waals surface area contributed by atoms with Gasteiger partial charge in [-0.25, -0.2) is 0 Å². The fraction of sp³-hybridized carbons (Fsp3) is 0.769. The zero-order valence-corrected chi connectivity index (χ0v) is 18.7. The Balaban J connectivity index is 1.90. The van der Waals surface area contributed by atoms with Crippen LogP contribution < -0.4 is 0 Å². The van der Waals surface area contributed by atoms with Crippen molar-refractivity contribution in [2.24, 2.45) is 0 Å². The van der Waals surface area contributed by atoms with Crippen LogP contribution in [0.3, 0.4) is 0 Å². The number of nitrogens with zero attached hydrogens (tertiary/aromatic N) is 1. The van der Waals surface area contributed by atoms with Crippen LogP contribution in [0.5, 0.6) is 0 Å². The van der Waals surface area contributed by atoms with Crippen LogP contribution in [0.1, 0.15) is 121 Å². The van der Waals surface area contributed by atoms with E-state index in [1.807, 2.05) is 0 Å². The van der Waals surface area contributed by atoms with Crippen molar-refractivity contribution in [1.29, 1.82) is 0 Å². The van der Waals surface area contributed by atoms with E-state index in [1.165, 1.54) is 108 Å². The highest BCUT2D eigenvalue weighted by Crippen LogP contribution is 2.24. The normalized spacial score (nSPS) is 12.6. The van der Waals surface area contributed by atoms with Gasteiger partial charge in [0.2, 0.25) is 0 Å². The van der Waals surface area contributed by atoms with E-state index in [1.54, 1.807) is 0 Å². The molecular weight excluding hydrogens is 326 g/mol. The van der Waals surface area contributed by atoms with Crippen LogP contribution in [0.15, 0.2) is 30.3 Å². The molecule has 0 radical (unpaired) electrons. The highest BCUT2D eigenvalue weighted by Gasteiger charge is 2.12. The fourth-order valence-electron chi connectivity index (χ4n) is 4.11. The van der Waals surface area contributed by atoms with Crippen LogP contribution in [-0.4, -0.2) is 19.0 Å². The lowest BCUT2D eigenvalue weighted by Crippen LogP contribution is -2.19. The smallest absolute Gasteiger partial charge is 0.0342 e. The third-order valence-electron chi connectivity index (χ3n) is 5.89. The van der Waals surface area contributed by atoms with Gasteiger partial charge in [-0.3, -0.25) is 0 Å². The monoisotopic (exact) mass is 373 g/mol. The molecule has 1 nitrogen and oxygen atoms in total. The van der Waals surface area contributed by atoms with Crippen molar-refractivity contribution in [3.8, 4) is 0 Å². The first-order valence-electron chi connectivity index (χ1n) is 12.0. The lowest BCUT2D eigenvalue weighted by molar-refractivity contribution is 0.276. The van der Waals surface area contributed by atoms with Crippen LogP contribution in [-0.2, 0) is 0 Å². The van der Waals surface area contributed by atoms with E-state index < -0.39 is 0 Å². The summed E-state index contributed by atoms with van der Waals surface area (Å²) in [7, 11) is 4.42. The summed E-state index contributed by atoms with van der Waals surface area (Å²) < 4.78 is 0. The molecular formula is C26H47N. The van der Waals surface area contributed by atoms with Gasteiger partial charge in [-0.2, -0.15) is 0 Å². The predicted molar refractivity (Wildman–Crippen MR) is 122 cm³/mol. The number of hydrogen-bond acceptors (Lipinski definition) is 1. The van der Waals surface area contributed by atoms with Crippen LogP contribution in [0, 0.1) is 0 Å². The van der Waals surface area contributed by atoms with E-state index in [2.05, 4.69) is 56.3 Å². The Bertz CT molecular complexity index is 411. The van der Waals surface area contributed by atoms with Crippen molar-refractivity contribution in [2.75, 3.05) is 14.1 Å². The third kappa shape index (κ3) is 13.1. The molecule has 1 unspecified atom stereocenters. The molecule has 0 bridgehead atoms. The lowest BCUT2D eigenvalue weighted by Gasteiger charge is -2.24. The van der Waals surface area contributed by atoms with Crippen LogP contribution in [0.25, 0.3) is 0 Å². The summed E-state index contributed by atoms with van der Waals surface area (Å²) in [6.07, 6.45) is 22.9. The van der Waals surface area contributed by atoms with Gasteiger partial charge in [0.05, 0.1) is 0 Å². The highest BCUT2D eigenvalue weighted by atomic mass is 15.1. The molecule has 0 amide bonds. The zero-order valence-electron chi connectivity index (χ0n) is 18.7. The molecule has 156 valence electrons. The molecule has 27 heavy (non-hydrogen) atoms. The van der Waals surface area contributed by atoms with Crippen molar-refractivity contribution in [3.63, 3.8) is 0 Å². The van der Waals surface area contributed by atoms with E-state index in [0.717, 1.165) is 0 Å². The minimum absolute atomic E-state index is 0.577. The number of rotatable bonds is 18. The van der Waals surface area contributed by atoms with Gasteiger partial charge in [0, 0.05) is 6.04 Å². The van der Waals surface area contributed by atoms with Gasteiger partial charge in [0.25, 0.3) is 0 Å². The summed E-state index contributed by atoms with van der Waals surface area (Å²) in [6.45, 7) is 2.30. The molecule has 1 aromatic carbocycles. The molecule has 0 heterocycles. The highest BCUT2D eigenvalue weighted by molar-refractivity contribution is 5.18. The number of hydrogen-bond donors (Lipinski definition) is 0. The Morgan fingerprint density at radius 3 is 1.41 bits per heavy atom. The molecule has 0 fully saturated rings. The molecule has 0 N–H and O–H groups in total. The SMILES string of the molecule is CCCCCCCCCCCCCCCCCC(c1ccccc1)N(C)C. The first-order valence-corrected chi connectivity index (χ1v) is 12.0. The quantitative estimate of drug-likeness (QED) is 0.233. The van der Waals surface area contributed by atoms with Crippen molar-refractivity contribution >= 4 is 0 Å². The Kier molecular flexibility index (Phi) is 15.5. The lowest BCUT2D eigenvalue weighted by atomic mass is 9.98. The van der Waals surface area contributed by atoms with E-state index in [9.17, 15) is 0 Å². The van der Waals surface area contributed by atoms with Gasteiger partial charge < -0.3 is 4.90 Å². The average Bonchev–Trinajstić information content (AvgIpc) is 2.68. The Morgan fingerprint density at radius 1 is 0.593 bits per heavy atom. The second-order valence-electron chi connectivity index (χ2n) is 8.63. The topological polar surface area (TPSA) is 3.24 Å². The molecule has 0 saturated heterocycles. The molecule has 0 aromatic heterocycles. The Morgan fingerprint density at radius 2 is 1.00 bits per heavy atom. The summed E-state index contributed by atoms with van der Waals surface area (Å²) >= 11 is 0. The first kappa shape index (κ1) is 24.2. The summed E-state index contributed by atoms with van der Waals surface area (Å²) in [5.74, 6) is 0. The van der Waals surface area contributed by atoms with E-state index >= 15 is 0 Å². The van der Waals surface area contributed by atoms with Gasteiger partial charge in [-0.1, -0.05) is 134 Å². The minimum Gasteiger partial charge on any atom is -0.302 e. The summed E-state index contributed by atoms with van der Waals surface area (Å²) in [5.41, 5.74) is 1.47. The van der Waals surface area contributed by atoms with Crippen LogP contribution >= 0.6 is 0 Å². The molecule has 0 aliphatic heterocycles.